The van der Waals surface area contributed by atoms with Crippen LogP contribution in [0.3, 0.4) is 0 Å². The van der Waals surface area contributed by atoms with E-state index >= 15 is 0 Å². The van der Waals surface area contributed by atoms with E-state index in [1.54, 1.807) is 13.3 Å². The van der Waals surface area contributed by atoms with Crippen LogP contribution in [0.15, 0.2) is 66.3 Å². The Balaban J connectivity index is 1.49. The van der Waals surface area contributed by atoms with Crippen LogP contribution in [0, 0.1) is 0 Å². The molecule has 25 heavy (non-hydrogen) atoms. The summed E-state index contributed by atoms with van der Waals surface area (Å²) in [5, 5.41) is 11.6. The molecule has 0 saturated carbocycles. The second kappa shape index (κ2) is 8.49. The van der Waals surface area contributed by atoms with E-state index in [1.807, 2.05) is 48.5 Å². The molecule has 0 spiro atoms. The maximum Gasteiger partial charge on any atom is 0.141 e. The lowest BCUT2D eigenvalue weighted by atomic mass is 10.2. The van der Waals surface area contributed by atoms with E-state index in [0.717, 1.165) is 22.8 Å². The molecule has 0 radical (unpaired) electrons. The molecule has 0 aliphatic rings. The van der Waals surface area contributed by atoms with E-state index in [1.165, 1.54) is 17.3 Å². The first-order chi connectivity index (χ1) is 12.3. The van der Waals surface area contributed by atoms with Gasteiger partial charge in [0.25, 0.3) is 0 Å². The van der Waals surface area contributed by atoms with Crippen LogP contribution in [-0.4, -0.2) is 41.4 Å². The Kier molecular flexibility index (Phi) is 5.60. The molecule has 3 aromatic rings. The Morgan fingerprint density at radius 1 is 0.920 bits per heavy atom. The minimum Gasteiger partial charge on any atom is -0.497 e. The Morgan fingerprint density at radius 3 is 2.28 bits per heavy atom. The van der Waals surface area contributed by atoms with Gasteiger partial charge in [-0.2, -0.15) is 5.10 Å². The molecule has 0 N–H and O–H groups in total. The fourth-order valence-electron chi connectivity index (χ4n) is 2.08. The van der Waals surface area contributed by atoms with E-state index in [9.17, 15) is 0 Å². The van der Waals surface area contributed by atoms with Gasteiger partial charge in [-0.15, -0.1) is 10.2 Å². The first kappa shape index (κ1) is 16.5. The highest BCUT2D eigenvalue weighted by molar-refractivity contribution is 5.80. The summed E-state index contributed by atoms with van der Waals surface area (Å²) in [5.41, 5.74) is 0.917. The van der Waals surface area contributed by atoms with Crippen molar-refractivity contribution >= 4 is 6.21 Å². The molecule has 3 rings (SSSR count). The summed E-state index contributed by atoms with van der Waals surface area (Å²) in [6.07, 6.45) is 4.75. The van der Waals surface area contributed by atoms with Gasteiger partial charge in [0.15, 0.2) is 0 Å². The molecule has 0 bridgehead atoms. The number of methoxy groups -OCH3 is 1. The zero-order valence-electron chi connectivity index (χ0n) is 13.8. The van der Waals surface area contributed by atoms with Gasteiger partial charge in [0, 0.05) is 6.07 Å². The van der Waals surface area contributed by atoms with Gasteiger partial charge < -0.3 is 14.2 Å². The van der Waals surface area contributed by atoms with E-state index in [0.29, 0.717) is 13.2 Å². The van der Waals surface area contributed by atoms with Gasteiger partial charge in [0.1, 0.15) is 43.1 Å². The third-order valence-electron chi connectivity index (χ3n) is 3.27. The number of rotatable bonds is 8. The number of ether oxygens (including phenoxy) is 3. The molecule has 0 aliphatic carbocycles. The molecule has 0 fully saturated rings. The van der Waals surface area contributed by atoms with Gasteiger partial charge in [-0.1, -0.05) is 18.2 Å². The Hall–Kier alpha value is -3.35. The number of nitrogens with zero attached hydrogens (tertiary/aromatic N) is 4. The third kappa shape index (κ3) is 5.07. The summed E-state index contributed by atoms with van der Waals surface area (Å²) in [5.74, 6) is 2.26. The lowest BCUT2D eigenvalue weighted by Gasteiger charge is -2.09. The maximum absolute atomic E-state index is 5.71. The summed E-state index contributed by atoms with van der Waals surface area (Å²) in [6, 6.07) is 15.1. The molecular formula is C18H18N4O3. The lowest BCUT2D eigenvalue weighted by Crippen LogP contribution is -2.09. The zero-order valence-corrected chi connectivity index (χ0v) is 13.8. The van der Waals surface area contributed by atoms with Crippen molar-refractivity contribution in [1.29, 1.82) is 0 Å². The summed E-state index contributed by atoms with van der Waals surface area (Å²) < 4.78 is 18.0. The van der Waals surface area contributed by atoms with Gasteiger partial charge in [0.2, 0.25) is 0 Å². The van der Waals surface area contributed by atoms with Crippen molar-refractivity contribution in [1.82, 2.24) is 14.9 Å². The van der Waals surface area contributed by atoms with E-state index in [4.69, 9.17) is 14.2 Å². The van der Waals surface area contributed by atoms with E-state index in [-0.39, 0.29) is 0 Å². The minimum atomic E-state index is 0.434. The molecule has 7 nitrogen and oxygen atoms in total. The van der Waals surface area contributed by atoms with Gasteiger partial charge in [0.05, 0.1) is 13.3 Å². The second-order valence-electron chi connectivity index (χ2n) is 5.03. The highest BCUT2D eigenvalue weighted by Gasteiger charge is 1.99. The van der Waals surface area contributed by atoms with Crippen molar-refractivity contribution in [3.8, 4) is 17.2 Å². The van der Waals surface area contributed by atoms with Crippen LogP contribution in [0.4, 0.5) is 0 Å². The summed E-state index contributed by atoms with van der Waals surface area (Å²) in [6.45, 7) is 0.870. The van der Waals surface area contributed by atoms with Crippen molar-refractivity contribution in [2.45, 2.75) is 0 Å². The van der Waals surface area contributed by atoms with Crippen molar-refractivity contribution in [2.75, 3.05) is 20.3 Å². The topological polar surface area (TPSA) is 70.8 Å². The monoisotopic (exact) mass is 338 g/mol. The van der Waals surface area contributed by atoms with Crippen LogP contribution in [0.2, 0.25) is 0 Å². The number of hydrogen-bond donors (Lipinski definition) is 0. The molecule has 1 heterocycles. The number of hydrogen-bond acceptors (Lipinski definition) is 6. The third-order valence-corrected chi connectivity index (χ3v) is 3.27. The minimum absolute atomic E-state index is 0.434. The summed E-state index contributed by atoms with van der Waals surface area (Å²) in [4.78, 5) is 0. The second-order valence-corrected chi connectivity index (χ2v) is 5.03. The predicted molar refractivity (Wildman–Crippen MR) is 93.4 cm³/mol. The first-order valence-corrected chi connectivity index (χ1v) is 7.72. The fourth-order valence-corrected chi connectivity index (χ4v) is 2.08. The highest BCUT2D eigenvalue weighted by atomic mass is 16.5. The van der Waals surface area contributed by atoms with Gasteiger partial charge in [-0.25, -0.2) is 4.68 Å². The standard InChI is InChI=1S/C18H18N4O3/c1-23-16-5-3-7-18(11-16)25-9-8-24-17-6-2-4-15(10-17)12-21-22-13-19-20-14-22/h2-7,10-14H,8-9H2,1H3. The van der Waals surface area contributed by atoms with Crippen LogP contribution in [0.5, 0.6) is 17.2 Å². The average molecular weight is 338 g/mol. The highest BCUT2D eigenvalue weighted by Crippen LogP contribution is 2.19. The SMILES string of the molecule is COc1cccc(OCCOc2cccc(C=Nn3cnnc3)c2)c1. The molecule has 0 atom stereocenters. The Morgan fingerprint density at radius 2 is 1.56 bits per heavy atom. The Bertz CT molecular complexity index is 819. The fraction of sp³-hybridized carbons (Fsp3) is 0.167. The van der Waals surface area contributed by atoms with Crippen molar-refractivity contribution in [3.05, 3.63) is 66.7 Å². The lowest BCUT2D eigenvalue weighted by molar-refractivity contribution is 0.216. The number of aromatic nitrogens is 3. The van der Waals surface area contributed by atoms with Gasteiger partial charge >= 0.3 is 0 Å². The maximum atomic E-state index is 5.71. The number of benzene rings is 2. The van der Waals surface area contributed by atoms with Crippen LogP contribution in [-0.2, 0) is 0 Å². The molecule has 128 valence electrons. The van der Waals surface area contributed by atoms with Gasteiger partial charge in [-0.05, 0) is 29.8 Å². The van der Waals surface area contributed by atoms with Crippen molar-refractivity contribution in [2.24, 2.45) is 5.10 Å². The predicted octanol–water partition coefficient (Wildman–Crippen LogP) is 2.63. The van der Waals surface area contributed by atoms with Crippen molar-refractivity contribution in [3.63, 3.8) is 0 Å². The average Bonchev–Trinajstić information content (AvgIpc) is 3.18. The molecule has 2 aromatic carbocycles. The molecule has 1 aromatic heterocycles. The molecular weight excluding hydrogens is 320 g/mol. The summed E-state index contributed by atoms with van der Waals surface area (Å²) >= 11 is 0. The molecule has 7 heteroatoms. The molecule has 0 aliphatic heterocycles. The first-order valence-electron chi connectivity index (χ1n) is 7.72. The van der Waals surface area contributed by atoms with Crippen LogP contribution >= 0.6 is 0 Å². The smallest absolute Gasteiger partial charge is 0.141 e. The van der Waals surface area contributed by atoms with Gasteiger partial charge in [-0.3, -0.25) is 0 Å². The largest absolute Gasteiger partial charge is 0.497 e. The zero-order chi connectivity index (χ0) is 17.3. The molecule has 0 unspecified atom stereocenters. The Labute approximate surface area is 145 Å². The van der Waals surface area contributed by atoms with Crippen LogP contribution < -0.4 is 14.2 Å². The molecule has 0 amide bonds. The van der Waals surface area contributed by atoms with E-state index < -0.39 is 0 Å². The van der Waals surface area contributed by atoms with Crippen LogP contribution in [0.25, 0.3) is 0 Å². The van der Waals surface area contributed by atoms with Crippen LogP contribution in [0.1, 0.15) is 5.56 Å². The van der Waals surface area contributed by atoms with Crippen molar-refractivity contribution < 1.29 is 14.2 Å². The van der Waals surface area contributed by atoms with E-state index in [2.05, 4.69) is 15.3 Å². The normalized spacial score (nSPS) is 10.8. The quantitative estimate of drug-likeness (QED) is 0.466. The molecule has 0 saturated heterocycles. The summed E-state index contributed by atoms with van der Waals surface area (Å²) in [7, 11) is 1.63.